The lowest BCUT2D eigenvalue weighted by atomic mass is 9.98. The summed E-state index contributed by atoms with van der Waals surface area (Å²) in [4.78, 5) is 22.1. The van der Waals surface area contributed by atoms with Gasteiger partial charge in [0.2, 0.25) is 0 Å². The number of carboxylic acid groups (broad SMARTS) is 1. The van der Waals surface area contributed by atoms with Gasteiger partial charge in [0.15, 0.2) is 0 Å². The van der Waals surface area contributed by atoms with E-state index in [4.69, 9.17) is 9.84 Å². The highest BCUT2D eigenvalue weighted by Gasteiger charge is 2.32. The van der Waals surface area contributed by atoms with Crippen molar-refractivity contribution in [1.82, 2.24) is 0 Å². The standard InChI is InChI=1S/C12H12F2O4/c1-6-4-7(9(15)11(16)17)10(18-3)8(5-6)12(2,13)14/h4-5H,1-3H3,(H,16,17). The Labute approximate surface area is 102 Å². The van der Waals surface area contributed by atoms with Crippen molar-refractivity contribution in [3.8, 4) is 5.75 Å². The van der Waals surface area contributed by atoms with Crippen LogP contribution in [0.15, 0.2) is 12.1 Å². The van der Waals surface area contributed by atoms with Crippen LogP contribution in [0.5, 0.6) is 5.75 Å². The van der Waals surface area contributed by atoms with Crippen molar-refractivity contribution in [1.29, 1.82) is 0 Å². The summed E-state index contributed by atoms with van der Waals surface area (Å²) in [5.74, 6) is -6.63. The molecule has 0 unspecified atom stereocenters. The predicted molar refractivity (Wildman–Crippen MR) is 59.3 cm³/mol. The molecule has 0 aliphatic heterocycles. The first kappa shape index (κ1) is 14.1. The Kier molecular flexibility index (Phi) is 3.69. The molecular weight excluding hydrogens is 246 g/mol. The number of aryl methyl sites for hydroxylation is 1. The smallest absolute Gasteiger partial charge is 0.377 e. The number of hydrogen-bond acceptors (Lipinski definition) is 3. The average Bonchev–Trinajstić information content (AvgIpc) is 2.25. The molecule has 0 aromatic heterocycles. The number of rotatable bonds is 4. The van der Waals surface area contributed by atoms with Crippen LogP contribution in [0.4, 0.5) is 8.78 Å². The number of benzene rings is 1. The van der Waals surface area contributed by atoms with E-state index in [1.807, 2.05) is 0 Å². The molecule has 1 rings (SSSR count). The maximum atomic E-state index is 13.4. The number of carboxylic acids is 1. The maximum absolute atomic E-state index is 13.4. The van der Waals surface area contributed by atoms with Crippen LogP contribution in [-0.2, 0) is 10.7 Å². The molecule has 0 radical (unpaired) electrons. The fourth-order valence-electron chi connectivity index (χ4n) is 1.60. The molecule has 0 heterocycles. The number of aliphatic carboxylic acids is 1. The fraction of sp³-hybridized carbons (Fsp3) is 0.333. The van der Waals surface area contributed by atoms with E-state index in [0.29, 0.717) is 12.5 Å². The van der Waals surface area contributed by atoms with E-state index in [1.165, 1.54) is 13.0 Å². The average molecular weight is 258 g/mol. The molecule has 0 saturated carbocycles. The Hall–Kier alpha value is -1.98. The van der Waals surface area contributed by atoms with Crippen LogP contribution in [0.25, 0.3) is 0 Å². The number of hydrogen-bond donors (Lipinski definition) is 1. The van der Waals surface area contributed by atoms with Crippen molar-refractivity contribution in [2.45, 2.75) is 19.8 Å². The summed E-state index contributed by atoms with van der Waals surface area (Å²) in [5, 5.41) is 8.65. The third-order valence-corrected chi connectivity index (χ3v) is 2.35. The number of carbonyl (C=O) groups is 2. The molecule has 0 aliphatic carbocycles. The molecule has 1 aromatic carbocycles. The number of ether oxygens (including phenoxy) is 1. The third kappa shape index (κ3) is 2.64. The molecule has 0 bridgehead atoms. The molecule has 0 aliphatic rings. The van der Waals surface area contributed by atoms with Gasteiger partial charge in [0, 0.05) is 6.92 Å². The number of methoxy groups -OCH3 is 1. The first-order valence-electron chi connectivity index (χ1n) is 5.03. The Bertz CT molecular complexity index is 504. The number of ketones is 1. The molecule has 1 N–H and O–H groups in total. The number of Topliss-reactive ketones (excluding diaryl/α,β-unsaturated/α-hetero) is 1. The van der Waals surface area contributed by atoms with Crippen LogP contribution in [0.3, 0.4) is 0 Å². The maximum Gasteiger partial charge on any atom is 0.377 e. The van der Waals surface area contributed by atoms with Gasteiger partial charge in [0.25, 0.3) is 11.7 Å². The zero-order valence-electron chi connectivity index (χ0n) is 10.1. The van der Waals surface area contributed by atoms with Gasteiger partial charge < -0.3 is 9.84 Å². The van der Waals surface area contributed by atoms with Crippen LogP contribution >= 0.6 is 0 Å². The molecule has 0 amide bonds. The number of alkyl halides is 2. The summed E-state index contributed by atoms with van der Waals surface area (Å²) >= 11 is 0. The van der Waals surface area contributed by atoms with E-state index in [-0.39, 0.29) is 5.56 Å². The number of carbonyl (C=O) groups excluding carboxylic acids is 1. The SMILES string of the molecule is COc1c(C(=O)C(=O)O)cc(C)cc1C(C)(F)F. The van der Waals surface area contributed by atoms with Crippen molar-refractivity contribution in [3.05, 3.63) is 28.8 Å². The lowest BCUT2D eigenvalue weighted by Gasteiger charge is -2.18. The summed E-state index contributed by atoms with van der Waals surface area (Å²) in [7, 11) is 1.11. The molecule has 0 fully saturated rings. The minimum absolute atomic E-state index is 0.358. The second-order valence-corrected chi connectivity index (χ2v) is 3.92. The van der Waals surface area contributed by atoms with Crippen molar-refractivity contribution in [3.63, 3.8) is 0 Å². The lowest BCUT2D eigenvalue weighted by Crippen LogP contribution is -2.18. The minimum atomic E-state index is -3.23. The van der Waals surface area contributed by atoms with Gasteiger partial charge in [-0.3, -0.25) is 4.79 Å². The first-order chi connectivity index (χ1) is 8.18. The zero-order valence-corrected chi connectivity index (χ0v) is 10.1. The van der Waals surface area contributed by atoms with Crippen LogP contribution in [0.2, 0.25) is 0 Å². The van der Waals surface area contributed by atoms with Gasteiger partial charge >= 0.3 is 5.97 Å². The molecule has 18 heavy (non-hydrogen) atoms. The highest BCUT2D eigenvalue weighted by Crippen LogP contribution is 2.37. The normalized spacial score (nSPS) is 11.2. The summed E-state index contributed by atoms with van der Waals surface area (Å²) in [6.45, 7) is 2.15. The Morgan fingerprint density at radius 3 is 2.28 bits per heavy atom. The molecule has 1 aromatic rings. The molecule has 0 saturated heterocycles. The van der Waals surface area contributed by atoms with E-state index in [2.05, 4.69) is 0 Å². The monoisotopic (exact) mass is 258 g/mol. The van der Waals surface area contributed by atoms with Crippen molar-refractivity contribution in [2.75, 3.05) is 7.11 Å². The van der Waals surface area contributed by atoms with E-state index >= 15 is 0 Å². The van der Waals surface area contributed by atoms with Crippen LogP contribution in [0.1, 0.15) is 28.4 Å². The topological polar surface area (TPSA) is 63.6 Å². The molecule has 0 spiro atoms. The van der Waals surface area contributed by atoms with E-state index in [9.17, 15) is 18.4 Å². The van der Waals surface area contributed by atoms with Gasteiger partial charge in [-0.05, 0) is 24.6 Å². The lowest BCUT2D eigenvalue weighted by molar-refractivity contribution is -0.131. The summed E-state index contributed by atoms with van der Waals surface area (Å²) in [5.41, 5.74) is -0.520. The van der Waals surface area contributed by atoms with Gasteiger partial charge in [-0.1, -0.05) is 0 Å². The Morgan fingerprint density at radius 2 is 1.89 bits per heavy atom. The van der Waals surface area contributed by atoms with Crippen molar-refractivity contribution in [2.24, 2.45) is 0 Å². The van der Waals surface area contributed by atoms with Crippen LogP contribution < -0.4 is 4.74 Å². The Morgan fingerprint density at radius 1 is 1.33 bits per heavy atom. The van der Waals surface area contributed by atoms with Gasteiger partial charge in [0.1, 0.15) is 5.75 Å². The van der Waals surface area contributed by atoms with Crippen molar-refractivity contribution >= 4 is 11.8 Å². The van der Waals surface area contributed by atoms with Gasteiger partial charge in [-0.15, -0.1) is 0 Å². The van der Waals surface area contributed by atoms with Gasteiger partial charge in [-0.25, -0.2) is 13.6 Å². The highest BCUT2D eigenvalue weighted by molar-refractivity contribution is 6.40. The predicted octanol–water partition coefficient (Wildman–Crippen LogP) is 2.38. The zero-order chi connectivity index (χ0) is 14.1. The minimum Gasteiger partial charge on any atom is -0.495 e. The van der Waals surface area contributed by atoms with Crippen molar-refractivity contribution < 1.29 is 28.2 Å². The summed E-state index contributed by atoms with van der Waals surface area (Å²) in [6, 6.07) is 2.38. The second-order valence-electron chi connectivity index (χ2n) is 3.92. The van der Waals surface area contributed by atoms with Gasteiger partial charge in [-0.2, -0.15) is 0 Å². The van der Waals surface area contributed by atoms with Crippen LogP contribution in [0, 0.1) is 6.92 Å². The quantitative estimate of drug-likeness (QED) is 0.665. The third-order valence-electron chi connectivity index (χ3n) is 2.35. The highest BCUT2D eigenvalue weighted by atomic mass is 19.3. The first-order valence-corrected chi connectivity index (χ1v) is 5.03. The summed E-state index contributed by atoms with van der Waals surface area (Å²) in [6.07, 6.45) is 0. The molecule has 6 heteroatoms. The van der Waals surface area contributed by atoms with Crippen LogP contribution in [-0.4, -0.2) is 24.0 Å². The largest absolute Gasteiger partial charge is 0.495 e. The second kappa shape index (κ2) is 4.72. The number of halogens is 2. The van der Waals surface area contributed by atoms with E-state index in [0.717, 1.165) is 13.2 Å². The molecule has 98 valence electrons. The molecule has 4 nitrogen and oxygen atoms in total. The fourth-order valence-corrected chi connectivity index (χ4v) is 1.60. The Balaban J connectivity index is 3.58. The molecule has 0 atom stereocenters. The summed E-state index contributed by atoms with van der Waals surface area (Å²) < 4.78 is 31.5. The van der Waals surface area contributed by atoms with E-state index < -0.39 is 29.0 Å². The van der Waals surface area contributed by atoms with Gasteiger partial charge in [0.05, 0.1) is 18.2 Å². The van der Waals surface area contributed by atoms with E-state index in [1.54, 1.807) is 0 Å². The molecular formula is C12H12F2O4.